The lowest BCUT2D eigenvalue weighted by Crippen LogP contribution is -2.41. The minimum atomic E-state index is -1.03. The molecule has 8 nitrogen and oxygen atoms in total. The van der Waals surface area contributed by atoms with E-state index in [1.54, 1.807) is 4.90 Å². The Labute approximate surface area is 161 Å². The van der Waals surface area contributed by atoms with Gasteiger partial charge in [-0.1, -0.05) is 12.1 Å². The van der Waals surface area contributed by atoms with Crippen LogP contribution in [0.2, 0.25) is 0 Å². The monoisotopic (exact) mass is 383 g/mol. The van der Waals surface area contributed by atoms with E-state index in [2.05, 4.69) is 5.32 Å². The highest BCUT2D eigenvalue weighted by atomic mass is 16.5. The lowest BCUT2D eigenvalue weighted by Gasteiger charge is -2.27. The second-order valence-electron chi connectivity index (χ2n) is 6.45. The number of hydrogen-bond acceptors (Lipinski definition) is 5. The molecule has 2 amide bonds. The number of nitrogens with one attached hydrogen (secondary N) is 1. The molecule has 8 heteroatoms. The number of benzene rings is 2. The third-order valence-electron chi connectivity index (χ3n) is 4.43. The molecule has 0 spiro atoms. The summed E-state index contributed by atoms with van der Waals surface area (Å²) >= 11 is 0. The number of anilines is 2. The topological polar surface area (TPSA) is 122 Å². The molecule has 0 bridgehead atoms. The van der Waals surface area contributed by atoms with E-state index >= 15 is 0 Å². The van der Waals surface area contributed by atoms with E-state index in [0.29, 0.717) is 25.3 Å². The summed E-state index contributed by atoms with van der Waals surface area (Å²) in [4.78, 5) is 36.7. The summed E-state index contributed by atoms with van der Waals surface area (Å²) in [5, 5.41) is 11.6. The fourth-order valence-corrected chi connectivity index (χ4v) is 2.88. The fourth-order valence-electron chi connectivity index (χ4n) is 2.88. The largest absolute Gasteiger partial charge is 0.478 e. The van der Waals surface area contributed by atoms with Gasteiger partial charge in [-0.3, -0.25) is 9.59 Å². The zero-order valence-corrected chi connectivity index (χ0v) is 15.1. The molecule has 2 aromatic rings. The average molecular weight is 383 g/mol. The first-order chi connectivity index (χ1) is 13.4. The molecular formula is C20H21N3O5. The Hall–Kier alpha value is -3.23. The number of hydrogen-bond donors (Lipinski definition) is 3. The Bertz CT molecular complexity index is 864. The molecule has 2 aromatic carbocycles. The predicted molar refractivity (Wildman–Crippen MR) is 103 cm³/mol. The second-order valence-corrected chi connectivity index (χ2v) is 6.45. The zero-order chi connectivity index (χ0) is 20.1. The number of amides is 2. The fraction of sp³-hybridized carbons (Fsp3) is 0.250. The predicted octanol–water partition coefficient (Wildman–Crippen LogP) is 1.26. The Kier molecular flexibility index (Phi) is 6.03. The molecule has 0 radical (unpaired) electrons. The van der Waals surface area contributed by atoms with Gasteiger partial charge in [0.2, 0.25) is 5.91 Å². The van der Waals surface area contributed by atoms with E-state index in [1.807, 2.05) is 24.3 Å². The van der Waals surface area contributed by atoms with Crippen LogP contribution in [0.1, 0.15) is 15.9 Å². The summed E-state index contributed by atoms with van der Waals surface area (Å²) in [6.45, 7) is 1.10. The van der Waals surface area contributed by atoms with Crippen molar-refractivity contribution < 1.29 is 24.2 Å². The van der Waals surface area contributed by atoms with E-state index in [0.717, 1.165) is 11.3 Å². The number of nitrogens with zero attached hydrogens (tertiary/aromatic N) is 1. The minimum Gasteiger partial charge on any atom is -0.478 e. The number of carboxylic acid groups (broad SMARTS) is 1. The number of nitrogens with two attached hydrogens (primary N) is 1. The summed E-state index contributed by atoms with van der Waals surface area (Å²) in [6, 6.07) is 12.4. The number of aromatic carboxylic acids is 1. The number of carbonyl (C=O) groups excluding carboxylic acids is 2. The van der Waals surface area contributed by atoms with Gasteiger partial charge < -0.3 is 25.8 Å². The van der Waals surface area contributed by atoms with Crippen LogP contribution in [0.15, 0.2) is 48.5 Å². The average Bonchev–Trinajstić information content (AvgIpc) is 2.69. The molecule has 0 aromatic heterocycles. The number of rotatable bonds is 6. The summed E-state index contributed by atoms with van der Waals surface area (Å²) < 4.78 is 5.12. The van der Waals surface area contributed by atoms with Crippen molar-refractivity contribution in [3.63, 3.8) is 0 Å². The molecule has 3 rings (SSSR count). The Balaban J connectivity index is 1.57. The van der Waals surface area contributed by atoms with E-state index in [9.17, 15) is 14.4 Å². The van der Waals surface area contributed by atoms with Crippen LogP contribution in [0, 0.1) is 0 Å². The van der Waals surface area contributed by atoms with Crippen LogP contribution >= 0.6 is 0 Å². The van der Waals surface area contributed by atoms with E-state index < -0.39 is 12.0 Å². The maximum atomic E-state index is 12.3. The van der Waals surface area contributed by atoms with Gasteiger partial charge in [0.05, 0.1) is 18.2 Å². The number of morpholine rings is 1. The smallest absolute Gasteiger partial charge is 0.335 e. The minimum absolute atomic E-state index is 0.0796. The van der Waals surface area contributed by atoms with Gasteiger partial charge in [-0.05, 0) is 48.4 Å². The first-order valence-electron chi connectivity index (χ1n) is 8.81. The first-order valence-corrected chi connectivity index (χ1v) is 8.81. The Morgan fingerprint density at radius 2 is 1.82 bits per heavy atom. The maximum Gasteiger partial charge on any atom is 0.335 e. The van der Waals surface area contributed by atoms with Crippen molar-refractivity contribution in [3.05, 3.63) is 59.7 Å². The van der Waals surface area contributed by atoms with Crippen LogP contribution in [0.3, 0.4) is 0 Å². The van der Waals surface area contributed by atoms with Crippen LogP contribution < -0.4 is 16.0 Å². The third kappa shape index (κ3) is 4.73. The van der Waals surface area contributed by atoms with Crippen LogP contribution in [-0.4, -0.2) is 48.7 Å². The molecule has 1 aliphatic heterocycles. The van der Waals surface area contributed by atoms with Crippen molar-refractivity contribution in [3.8, 4) is 0 Å². The number of carboxylic acids is 1. The summed E-state index contributed by atoms with van der Waals surface area (Å²) in [6.07, 6.45) is 0.330. The molecule has 0 saturated carbocycles. The van der Waals surface area contributed by atoms with Gasteiger partial charge in [0.25, 0.3) is 5.91 Å². The van der Waals surface area contributed by atoms with E-state index in [1.165, 1.54) is 24.3 Å². The van der Waals surface area contributed by atoms with Crippen molar-refractivity contribution in [2.24, 2.45) is 5.73 Å². The van der Waals surface area contributed by atoms with Crippen molar-refractivity contribution in [1.29, 1.82) is 0 Å². The van der Waals surface area contributed by atoms with Crippen LogP contribution in [0.25, 0.3) is 0 Å². The second kappa shape index (κ2) is 8.64. The van der Waals surface area contributed by atoms with Crippen molar-refractivity contribution in [2.75, 3.05) is 30.0 Å². The summed E-state index contributed by atoms with van der Waals surface area (Å²) in [5.74, 6) is -1.48. The quantitative estimate of drug-likeness (QED) is 0.690. The number of carbonyl (C=O) groups is 3. The third-order valence-corrected chi connectivity index (χ3v) is 4.43. The first kappa shape index (κ1) is 19.5. The Morgan fingerprint density at radius 3 is 2.43 bits per heavy atom. The van der Waals surface area contributed by atoms with Gasteiger partial charge >= 0.3 is 5.97 Å². The van der Waals surface area contributed by atoms with Crippen LogP contribution in [0.5, 0.6) is 0 Å². The maximum absolute atomic E-state index is 12.3. The lowest BCUT2D eigenvalue weighted by atomic mass is 10.0. The van der Waals surface area contributed by atoms with Crippen molar-refractivity contribution in [2.45, 2.75) is 12.5 Å². The molecular weight excluding hydrogens is 362 g/mol. The molecule has 0 unspecified atom stereocenters. The number of ether oxygens (including phenoxy) is 1. The van der Waals surface area contributed by atoms with Gasteiger partial charge in [0, 0.05) is 17.9 Å². The Morgan fingerprint density at radius 1 is 1.14 bits per heavy atom. The highest BCUT2D eigenvalue weighted by Gasteiger charge is 2.20. The zero-order valence-electron chi connectivity index (χ0n) is 15.1. The molecule has 1 fully saturated rings. The molecule has 28 heavy (non-hydrogen) atoms. The van der Waals surface area contributed by atoms with Gasteiger partial charge in [-0.25, -0.2) is 4.79 Å². The van der Waals surface area contributed by atoms with E-state index in [4.69, 9.17) is 15.6 Å². The van der Waals surface area contributed by atoms with Gasteiger partial charge in [-0.15, -0.1) is 0 Å². The van der Waals surface area contributed by atoms with Crippen molar-refractivity contribution in [1.82, 2.24) is 0 Å². The summed E-state index contributed by atoms with van der Waals surface area (Å²) in [7, 11) is 0. The molecule has 1 saturated heterocycles. The van der Waals surface area contributed by atoms with Crippen molar-refractivity contribution >= 4 is 29.2 Å². The highest BCUT2D eigenvalue weighted by molar-refractivity contribution is 5.96. The molecule has 146 valence electrons. The molecule has 1 heterocycles. The lowest BCUT2D eigenvalue weighted by molar-refractivity contribution is -0.125. The van der Waals surface area contributed by atoms with Gasteiger partial charge in [0.1, 0.15) is 6.61 Å². The van der Waals surface area contributed by atoms with Gasteiger partial charge in [0.15, 0.2) is 0 Å². The van der Waals surface area contributed by atoms with Crippen LogP contribution in [-0.2, 0) is 20.7 Å². The molecule has 1 atom stereocenters. The van der Waals surface area contributed by atoms with Gasteiger partial charge in [-0.2, -0.15) is 0 Å². The SMILES string of the molecule is N[C@@H](Cc1ccc(N2CCOCC2=O)cc1)C(=O)Nc1ccc(C(=O)O)cc1. The molecule has 0 aliphatic carbocycles. The molecule has 1 aliphatic rings. The standard InChI is InChI=1S/C20H21N3O5/c21-17(19(25)22-15-5-3-14(4-6-15)20(26)27)11-13-1-7-16(8-2-13)23-9-10-28-12-18(23)24/h1-8,17H,9-12,21H2,(H,22,25)(H,26,27)/t17-/m0/s1. The molecule has 4 N–H and O–H groups in total. The summed E-state index contributed by atoms with van der Waals surface area (Å²) in [5.41, 5.74) is 8.26. The van der Waals surface area contributed by atoms with Crippen LogP contribution in [0.4, 0.5) is 11.4 Å². The highest BCUT2D eigenvalue weighted by Crippen LogP contribution is 2.18. The van der Waals surface area contributed by atoms with E-state index in [-0.39, 0.29) is 24.0 Å². The normalized spacial score (nSPS) is 15.2.